The third kappa shape index (κ3) is 3.61. The van der Waals surface area contributed by atoms with Gasteiger partial charge in [-0.1, -0.05) is 91.0 Å². The van der Waals surface area contributed by atoms with E-state index in [1.165, 1.54) is 54.7 Å². The first kappa shape index (κ1) is 22.5. The molecule has 0 aliphatic carbocycles. The smallest absolute Gasteiger partial charge is 0.0709 e. The first-order valence-corrected chi connectivity index (χ1v) is 13.2. The van der Waals surface area contributed by atoms with Gasteiger partial charge < -0.3 is 5.32 Å². The molecule has 0 radical (unpaired) electrons. The minimum Gasteiger partial charge on any atom is -0.384 e. The molecule has 38 heavy (non-hydrogen) atoms. The summed E-state index contributed by atoms with van der Waals surface area (Å²) in [6.45, 7) is 5.07. The summed E-state index contributed by atoms with van der Waals surface area (Å²) < 4.78 is 0. The van der Waals surface area contributed by atoms with E-state index in [4.69, 9.17) is 4.98 Å². The zero-order chi connectivity index (χ0) is 25.6. The Bertz CT molecular complexity index is 1910. The molecule has 1 aliphatic heterocycles. The molecule has 2 nitrogen and oxygen atoms in total. The molecule has 1 aromatic heterocycles. The van der Waals surface area contributed by atoms with Crippen molar-refractivity contribution in [3.05, 3.63) is 132 Å². The molecule has 1 N–H and O–H groups in total. The maximum Gasteiger partial charge on any atom is 0.0709 e. The van der Waals surface area contributed by atoms with Crippen LogP contribution in [0.2, 0.25) is 0 Å². The van der Waals surface area contributed by atoms with E-state index in [1.54, 1.807) is 0 Å². The average Bonchev–Trinajstić information content (AvgIpc) is 2.98. The minimum absolute atomic E-state index is 0.857. The summed E-state index contributed by atoms with van der Waals surface area (Å²) in [4.78, 5) is 5.15. The Kier molecular flexibility index (Phi) is 5.33. The van der Waals surface area contributed by atoms with Gasteiger partial charge in [-0.05, 0) is 81.6 Å². The van der Waals surface area contributed by atoms with Gasteiger partial charge in [-0.2, -0.15) is 0 Å². The van der Waals surface area contributed by atoms with E-state index in [9.17, 15) is 0 Å². The van der Waals surface area contributed by atoms with Crippen molar-refractivity contribution in [1.82, 2.24) is 10.3 Å². The molecule has 0 fully saturated rings. The topological polar surface area (TPSA) is 24.9 Å². The maximum atomic E-state index is 5.15. The van der Waals surface area contributed by atoms with E-state index in [0.29, 0.717) is 0 Å². The normalized spacial score (nSPS) is 13.4. The lowest BCUT2D eigenvalue weighted by Crippen LogP contribution is -2.18. The fourth-order valence-corrected chi connectivity index (χ4v) is 5.87. The lowest BCUT2D eigenvalue weighted by atomic mass is 9.91. The maximum absolute atomic E-state index is 5.15. The molecule has 0 saturated heterocycles. The van der Waals surface area contributed by atoms with Crippen LogP contribution in [0.3, 0.4) is 0 Å². The summed E-state index contributed by atoms with van der Waals surface area (Å²) in [5, 5.41) is 11.2. The van der Waals surface area contributed by atoms with Gasteiger partial charge in [0.2, 0.25) is 0 Å². The van der Waals surface area contributed by atoms with Gasteiger partial charge in [0.1, 0.15) is 0 Å². The predicted molar refractivity (Wildman–Crippen MR) is 162 cm³/mol. The predicted octanol–water partition coefficient (Wildman–Crippen LogP) is 9.29. The standard InChI is InChI=1S/C36H28N2/c1-3-9-27-23(2)37-22-26-17-16-24(20-33(26)27)35-14-8-15-36(38-35)25-18-19-32-30-12-5-4-10-28(30)29-11-6-7-13-31(29)34(32)21-25/h3-21,37H,22H2,1-2H3/b9-3-. The summed E-state index contributed by atoms with van der Waals surface area (Å²) in [6, 6.07) is 37.3. The van der Waals surface area contributed by atoms with E-state index >= 15 is 0 Å². The molecule has 7 rings (SSSR count). The fraction of sp³-hybridized carbons (Fsp3) is 0.0833. The van der Waals surface area contributed by atoms with Gasteiger partial charge in [0.05, 0.1) is 11.4 Å². The molecule has 6 aromatic rings. The lowest BCUT2D eigenvalue weighted by Gasteiger charge is -2.22. The van der Waals surface area contributed by atoms with Crippen molar-refractivity contribution in [3.8, 4) is 22.5 Å². The van der Waals surface area contributed by atoms with Crippen LogP contribution in [-0.2, 0) is 6.54 Å². The molecule has 2 heterocycles. The van der Waals surface area contributed by atoms with Gasteiger partial charge in [0.15, 0.2) is 0 Å². The number of hydrogen-bond acceptors (Lipinski definition) is 2. The highest BCUT2D eigenvalue weighted by Gasteiger charge is 2.16. The molecule has 0 saturated carbocycles. The number of pyridine rings is 1. The van der Waals surface area contributed by atoms with E-state index < -0.39 is 0 Å². The number of benzene rings is 5. The highest BCUT2D eigenvalue weighted by Crippen LogP contribution is 2.37. The quantitative estimate of drug-likeness (QED) is 0.251. The van der Waals surface area contributed by atoms with Crippen molar-refractivity contribution in [2.75, 3.05) is 0 Å². The van der Waals surface area contributed by atoms with Crippen LogP contribution in [-0.4, -0.2) is 4.98 Å². The van der Waals surface area contributed by atoms with Gasteiger partial charge in [0.25, 0.3) is 0 Å². The second-order valence-electron chi connectivity index (χ2n) is 10.0. The number of fused-ring (bicyclic) bond motifs is 7. The van der Waals surface area contributed by atoms with Crippen LogP contribution in [0, 0.1) is 0 Å². The zero-order valence-electron chi connectivity index (χ0n) is 21.6. The molecule has 5 aromatic carbocycles. The Morgan fingerprint density at radius 1 is 0.632 bits per heavy atom. The monoisotopic (exact) mass is 488 g/mol. The average molecular weight is 489 g/mol. The molecule has 2 heteroatoms. The molecular weight excluding hydrogens is 460 g/mol. The highest BCUT2D eigenvalue weighted by molar-refractivity contribution is 6.25. The van der Waals surface area contributed by atoms with Gasteiger partial charge in [-0.3, -0.25) is 0 Å². The molecule has 0 spiro atoms. The van der Waals surface area contributed by atoms with Crippen LogP contribution in [0.25, 0.3) is 60.4 Å². The van der Waals surface area contributed by atoms with Crippen molar-refractivity contribution < 1.29 is 0 Å². The molecule has 182 valence electrons. The third-order valence-corrected chi connectivity index (χ3v) is 7.77. The SMILES string of the molecule is C/C=C\C1=C(C)NCc2ccc(-c3cccc(-c4ccc5c6ccccc6c6ccccc6c5c4)n3)cc21. The molecule has 1 aliphatic rings. The van der Waals surface area contributed by atoms with E-state index in [1.807, 2.05) is 0 Å². The van der Waals surface area contributed by atoms with Gasteiger partial charge in [-0.25, -0.2) is 4.98 Å². The Hall–Kier alpha value is -4.69. The first-order chi connectivity index (χ1) is 18.7. The minimum atomic E-state index is 0.857. The first-order valence-electron chi connectivity index (χ1n) is 13.2. The summed E-state index contributed by atoms with van der Waals surface area (Å²) in [5.41, 5.74) is 9.31. The molecule has 0 amide bonds. The summed E-state index contributed by atoms with van der Waals surface area (Å²) in [7, 11) is 0. The van der Waals surface area contributed by atoms with E-state index in [2.05, 4.69) is 134 Å². The van der Waals surface area contributed by atoms with Crippen molar-refractivity contribution in [2.24, 2.45) is 0 Å². The largest absolute Gasteiger partial charge is 0.384 e. The second-order valence-corrected chi connectivity index (χ2v) is 10.0. The van der Waals surface area contributed by atoms with E-state index in [-0.39, 0.29) is 0 Å². The molecule has 0 atom stereocenters. The second kappa shape index (κ2) is 9.00. The zero-order valence-corrected chi connectivity index (χ0v) is 21.6. The van der Waals surface area contributed by atoms with Crippen LogP contribution in [0.15, 0.2) is 121 Å². The van der Waals surface area contributed by atoms with Crippen molar-refractivity contribution >= 4 is 37.9 Å². The highest BCUT2D eigenvalue weighted by atomic mass is 14.9. The fourth-order valence-electron chi connectivity index (χ4n) is 5.87. The van der Waals surface area contributed by atoms with Crippen molar-refractivity contribution in [2.45, 2.75) is 20.4 Å². The van der Waals surface area contributed by atoms with Crippen LogP contribution in [0.1, 0.15) is 25.0 Å². The van der Waals surface area contributed by atoms with Gasteiger partial charge in [-0.15, -0.1) is 0 Å². The van der Waals surface area contributed by atoms with Crippen LogP contribution in [0.4, 0.5) is 0 Å². The van der Waals surface area contributed by atoms with Crippen molar-refractivity contribution in [1.29, 1.82) is 0 Å². The summed E-state index contributed by atoms with van der Waals surface area (Å²) in [5.74, 6) is 0. The lowest BCUT2D eigenvalue weighted by molar-refractivity contribution is 0.797. The number of hydrogen-bond donors (Lipinski definition) is 1. The van der Waals surface area contributed by atoms with Crippen molar-refractivity contribution in [3.63, 3.8) is 0 Å². The Morgan fingerprint density at radius 2 is 1.21 bits per heavy atom. The van der Waals surface area contributed by atoms with Gasteiger partial charge in [0, 0.05) is 28.9 Å². The Morgan fingerprint density at radius 3 is 1.87 bits per heavy atom. The van der Waals surface area contributed by atoms with Gasteiger partial charge >= 0.3 is 0 Å². The third-order valence-electron chi connectivity index (χ3n) is 7.77. The van der Waals surface area contributed by atoms with Crippen LogP contribution >= 0.6 is 0 Å². The number of aromatic nitrogens is 1. The Balaban J connectivity index is 1.37. The number of nitrogens with one attached hydrogen (secondary N) is 1. The van der Waals surface area contributed by atoms with E-state index in [0.717, 1.165) is 29.1 Å². The summed E-state index contributed by atoms with van der Waals surface area (Å²) in [6.07, 6.45) is 4.30. The molecular formula is C36H28N2. The Labute approximate surface area is 223 Å². The molecule has 0 bridgehead atoms. The summed E-state index contributed by atoms with van der Waals surface area (Å²) >= 11 is 0. The number of allylic oxidation sites excluding steroid dienone is 4. The van der Waals surface area contributed by atoms with Crippen LogP contribution < -0.4 is 5.32 Å². The van der Waals surface area contributed by atoms with Crippen LogP contribution in [0.5, 0.6) is 0 Å². The number of rotatable bonds is 3. The number of nitrogens with zero attached hydrogens (tertiary/aromatic N) is 1. The molecule has 0 unspecified atom stereocenters.